The Balaban J connectivity index is 1.26. The van der Waals surface area contributed by atoms with Gasteiger partial charge in [0.1, 0.15) is 11.5 Å². The number of aromatic nitrogens is 4. The first-order valence-corrected chi connectivity index (χ1v) is 11.5. The molecule has 0 saturated carbocycles. The van der Waals surface area contributed by atoms with E-state index in [2.05, 4.69) is 30.6 Å². The number of carbonyl (C=O) groups is 1. The van der Waals surface area contributed by atoms with Crippen LogP contribution >= 0.6 is 0 Å². The van der Waals surface area contributed by atoms with Gasteiger partial charge in [-0.05, 0) is 37.3 Å². The van der Waals surface area contributed by atoms with Crippen molar-refractivity contribution in [3.63, 3.8) is 0 Å². The van der Waals surface area contributed by atoms with Crippen LogP contribution in [-0.4, -0.2) is 52.0 Å². The summed E-state index contributed by atoms with van der Waals surface area (Å²) in [6.07, 6.45) is 0. The third-order valence-corrected chi connectivity index (χ3v) is 5.73. The van der Waals surface area contributed by atoms with Crippen molar-refractivity contribution in [2.45, 2.75) is 6.92 Å². The average Bonchev–Trinajstić information content (AvgIpc) is 3.28. The van der Waals surface area contributed by atoms with Crippen molar-refractivity contribution in [2.75, 3.05) is 41.8 Å². The van der Waals surface area contributed by atoms with Crippen LogP contribution in [0.15, 0.2) is 66.7 Å². The summed E-state index contributed by atoms with van der Waals surface area (Å²) >= 11 is 0. The summed E-state index contributed by atoms with van der Waals surface area (Å²) < 4.78 is 7.02. The number of aryl methyl sites for hydroxylation is 2. The second kappa shape index (κ2) is 9.94. The highest BCUT2D eigenvalue weighted by Gasteiger charge is 2.16. The van der Waals surface area contributed by atoms with Gasteiger partial charge >= 0.3 is 0 Å². The number of nitrogens with zero attached hydrogens (tertiary/aromatic N) is 5. The number of hydrogen-bond acceptors (Lipinski definition) is 7. The minimum atomic E-state index is -0.218. The van der Waals surface area contributed by atoms with Crippen LogP contribution in [0.5, 0.6) is 0 Å². The fourth-order valence-electron chi connectivity index (χ4n) is 3.93. The summed E-state index contributed by atoms with van der Waals surface area (Å²) in [4.78, 5) is 24.2. The molecule has 9 heteroatoms. The van der Waals surface area contributed by atoms with E-state index in [0.717, 1.165) is 41.5 Å². The molecule has 5 rings (SSSR count). The molecule has 1 aliphatic heterocycles. The lowest BCUT2D eigenvalue weighted by molar-refractivity contribution is 0.101. The number of carbonyl (C=O) groups excluding carboxylic acids is 1. The van der Waals surface area contributed by atoms with Gasteiger partial charge in [-0.2, -0.15) is 10.1 Å². The van der Waals surface area contributed by atoms with E-state index in [0.29, 0.717) is 30.5 Å². The molecule has 0 radical (unpaired) electrons. The number of anilines is 4. The zero-order chi connectivity index (χ0) is 24.2. The normalized spacial score (nSPS) is 13.5. The van der Waals surface area contributed by atoms with Crippen LogP contribution in [0.2, 0.25) is 0 Å². The number of benzene rings is 2. The summed E-state index contributed by atoms with van der Waals surface area (Å²) in [7, 11) is 1.77. The van der Waals surface area contributed by atoms with E-state index in [9.17, 15) is 4.79 Å². The van der Waals surface area contributed by atoms with Gasteiger partial charge in [-0.15, -0.1) is 0 Å². The summed E-state index contributed by atoms with van der Waals surface area (Å²) in [6.45, 7) is 4.87. The molecule has 2 aromatic heterocycles. The topological polar surface area (TPSA) is 97.2 Å². The van der Waals surface area contributed by atoms with Crippen molar-refractivity contribution in [3.8, 4) is 11.3 Å². The van der Waals surface area contributed by atoms with Crippen LogP contribution in [0.3, 0.4) is 0 Å². The Bertz CT molecular complexity index is 1310. The highest BCUT2D eigenvalue weighted by molar-refractivity contribution is 6.03. The SMILES string of the molecule is Cc1cc(Nc2ccc(NC(=O)c3cc(-c4ccccc4)nn3C)cc2)nc(N2CCOCC2)n1. The zero-order valence-corrected chi connectivity index (χ0v) is 19.7. The van der Waals surface area contributed by atoms with Crippen molar-refractivity contribution >= 4 is 29.0 Å². The summed E-state index contributed by atoms with van der Waals surface area (Å²) in [5.74, 6) is 1.20. The molecule has 9 nitrogen and oxygen atoms in total. The standard InChI is InChI=1S/C26H27N7O2/c1-18-16-24(30-26(27-18)33-12-14-35-15-13-33)28-20-8-10-21(11-9-20)29-25(34)23-17-22(31-32(23)2)19-6-4-3-5-7-19/h3-11,16-17H,12-15H2,1-2H3,(H,29,34)(H,27,28,30). The Labute approximate surface area is 203 Å². The van der Waals surface area contributed by atoms with E-state index in [4.69, 9.17) is 4.74 Å². The number of morpholine rings is 1. The molecule has 2 N–H and O–H groups in total. The monoisotopic (exact) mass is 469 g/mol. The van der Waals surface area contributed by atoms with Gasteiger partial charge in [0.15, 0.2) is 0 Å². The molecule has 0 atom stereocenters. The van der Waals surface area contributed by atoms with Crippen molar-refractivity contribution in [1.82, 2.24) is 19.7 Å². The summed E-state index contributed by atoms with van der Waals surface area (Å²) in [6, 6.07) is 21.0. The molecule has 2 aromatic carbocycles. The maximum atomic E-state index is 12.9. The number of amides is 1. The second-order valence-corrected chi connectivity index (χ2v) is 8.35. The molecule has 1 saturated heterocycles. The fourth-order valence-corrected chi connectivity index (χ4v) is 3.93. The lowest BCUT2D eigenvalue weighted by Crippen LogP contribution is -2.37. The predicted octanol–water partition coefficient (Wildman–Crippen LogP) is 4.02. The Hall–Kier alpha value is -4.24. The average molecular weight is 470 g/mol. The Morgan fingerprint density at radius 1 is 0.943 bits per heavy atom. The van der Waals surface area contributed by atoms with E-state index in [1.807, 2.05) is 67.6 Å². The van der Waals surface area contributed by atoms with Gasteiger partial charge in [-0.25, -0.2) is 4.98 Å². The van der Waals surface area contributed by atoms with E-state index in [1.54, 1.807) is 17.8 Å². The van der Waals surface area contributed by atoms with Crippen molar-refractivity contribution < 1.29 is 9.53 Å². The zero-order valence-electron chi connectivity index (χ0n) is 19.7. The minimum Gasteiger partial charge on any atom is -0.378 e. The first-order valence-electron chi connectivity index (χ1n) is 11.5. The van der Waals surface area contributed by atoms with Crippen LogP contribution in [0.4, 0.5) is 23.1 Å². The maximum absolute atomic E-state index is 12.9. The lowest BCUT2D eigenvalue weighted by atomic mass is 10.1. The Kier molecular flexibility index (Phi) is 6.40. The van der Waals surface area contributed by atoms with Gasteiger partial charge in [0, 0.05) is 48.8 Å². The number of hydrogen-bond donors (Lipinski definition) is 2. The van der Waals surface area contributed by atoms with Gasteiger partial charge < -0.3 is 20.3 Å². The molecule has 0 bridgehead atoms. The molecule has 0 aliphatic carbocycles. The maximum Gasteiger partial charge on any atom is 0.273 e. The molecule has 0 spiro atoms. The van der Waals surface area contributed by atoms with E-state index in [1.165, 1.54) is 0 Å². The quantitative estimate of drug-likeness (QED) is 0.440. The van der Waals surface area contributed by atoms with Gasteiger partial charge in [0.05, 0.1) is 18.9 Å². The first kappa shape index (κ1) is 22.5. The molecular formula is C26H27N7O2. The molecule has 35 heavy (non-hydrogen) atoms. The van der Waals surface area contributed by atoms with E-state index in [-0.39, 0.29) is 5.91 Å². The van der Waals surface area contributed by atoms with Crippen LogP contribution < -0.4 is 15.5 Å². The molecule has 3 heterocycles. The van der Waals surface area contributed by atoms with Gasteiger partial charge in [-0.1, -0.05) is 30.3 Å². The van der Waals surface area contributed by atoms with Gasteiger partial charge in [0.25, 0.3) is 5.91 Å². The molecule has 1 aliphatic rings. The third kappa shape index (κ3) is 5.30. The van der Waals surface area contributed by atoms with Gasteiger partial charge in [-0.3, -0.25) is 9.48 Å². The Morgan fingerprint density at radius 2 is 1.66 bits per heavy atom. The molecule has 1 fully saturated rings. The molecule has 1 amide bonds. The molecule has 178 valence electrons. The van der Waals surface area contributed by atoms with Gasteiger partial charge in [0.2, 0.25) is 5.95 Å². The summed E-state index contributed by atoms with van der Waals surface area (Å²) in [5.41, 5.74) is 4.65. The second-order valence-electron chi connectivity index (χ2n) is 8.35. The van der Waals surface area contributed by atoms with E-state index < -0.39 is 0 Å². The minimum absolute atomic E-state index is 0.218. The number of rotatable bonds is 6. The lowest BCUT2D eigenvalue weighted by Gasteiger charge is -2.27. The highest BCUT2D eigenvalue weighted by atomic mass is 16.5. The third-order valence-electron chi connectivity index (χ3n) is 5.73. The van der Waals surface area contributed by atoms with Crippen molar-refractivity contribution in [1.29, 1.82) is 0 Å². The van der Waals surface area contributed by atoms with Crippen LogP contribution in [-0.2, 0) is 11.8 Å². The molecule has 0 unspecified atom stereocenters. The first-order chi connectivity index (χ1) is 17.0. The largest absolute Gasteiger partial charge is 0.378 e. The predicted molar refractivity (Wildman–Crippen MR) is 136 cm³/mol. The van der Waals surface area contributed by atoms with Crippen LogP contribution in [0.1, 0.15) is 16.2 Å². The molecular weight excluding hydrogens is 442 g/mol. The summed E-state index contributed by atoms with van der Waals surface area (Å²) in [5, 5.41) is 10.8. The van der Waals surface area contributed by atoms with E-state index >= 15 is 0 Å². The molecule has 4 aromatic rings. The van der Waals surface area contributed by atoms with Crippen molar-refractivity contribution in [3.05, 3.63) is 78.1 Å². The number of ether oxygens (including phenoxy) is 1. The van der Waals surface area contributed by atoms with Crippen LogP contribution in [0, 0.1) is 6.92 Å². The fraction of sp³-hybridized carbons (Fsp3) is 0.231. The highest BCUT2D eigenvalue weighted by Crippen LogP contribution is 2.22. The van der Waals surface area contributed by atoms with Crippen molar-refractivity contribution in [2.24, 2.45) is 7.05 Å². The van der Waals surface area contributed by atoms with Crippen LogP contribution in [0.25, 0.3) is 11.3 Å². The Morgan fingerprint density at radius 3 is 2.40 bits per heavy atom. The smallest absolute Gasteiger partial charge is 0.273 e. The number of nitrogens with one attached hydrogen (secondary N) is 2.